The fourth-order valence-electron chi connectivity index (χ4n) is 3.50. The van der Waals surface area contributed by atoms with E-state index in [0.29, 0.717) is 13.1 Å². The van der Waals surface area contributed by atoms with Crippen LogP contribution in [0.2, 0.25) is 0 Å². The zero-order valence-corrected chi connectivity index (χ0v) is 14.2. The molecular formula is C21H17N5. The van der Waals surface area contributed by atoms with Gasteiger partial charge in [-0.3, -0.25) is 4.98 Å². The van der Waals surface area contributed by atoms with Crippen molar-refractivity contribution in [3.05, 3.63) is 90.5 Å². The van der Waals surface area contributed by atoms with E-state index in [0.717, 1.165) is 11.3 Å². The summed E-state index contributed by atoms with van der Waals surface area (Å²) in [6.07, 6.45) is 5.64. The monoisotopic (exact) mass is 339 g/mol. The van der Waals surface area contributed by atoms with Gasteiger partial charge in [0, 0.05) is 34.2 Å². The first-order chi connectivity index (χ1) is 12.9. The Balaban J connectivity index is 1.52. The van der Waals surface area contributed by atoms with Crippen LogP contribution in [0.5, 0.6) is 0 Å². The highest BCUT2D eigenvalue weighted by Crippen LogP contribution is 2.29. The molecule has 0 amide bonds. The van der Waals surface area contributed by atoms with Gasteiger partial charge in [0.15, 0.2) is 0 Å². The quantitative estimate of drug-likeness (QED) is 0.499. The molecule has 0 spiro atoms. The lowest BCUT2D eigenvalue weighted by Gasteiger charge is -2.04. The third-order valence-corrected chi connectivity index (χ3v) is 4.65. The van der Waals surface area contributed by atoms with Gasteiger partial charge in [-0.05, 0) is 23.8 Å². The summed E-state index contributed by atoms with van der Waals surface area (Å²) in [5, 5.41) is 11.2. The van der Waals surface area contributed by atoms with Crippen molar-refractivity contribution in [2.24, 2.45) is 0 Å². The van der Waals surface area contributed by atoms with Crippen LogP contribution in [-0.4, -0.2) is 24.5 Å². The Morgan fingerprint density at radius 2 is 1.50 bits per heavy atom. The van der Waals surface area contributed by atoms with Crippen molar-refractivity contribution in [3.63, 3.8) is 0 Å². The molecule has 0 unspecified atom stereocenters. The molecule has 0 atom stereocenters. The normalized spacial score (nSPS) is 11.4. The molecule has 2 aromatic carbocycles. The van der Waals surface area contributed by atoms with Gasteiger partial charge in [-0.15, -0.1) is 5.10 Å². The summed E-state index contributed by atoms with van der Waals surface area (Å²) < 4.78 is 4.17. The maximum Gasteiger partial charge on any atom is 0.102 e. The van der Waals surface area contributed by atoms with Crippen LogP contribution in [0.4, 0.5) is 0 Å². The van der Waals surface area contributed by atoms with Gasteiger partial charge in [0.25, 0.3) is 0 Å². The number of fused-ring (bicyclic) bond motifs is 3. The minimum absolute atomic E-state index is 0.675. The molecular weight excluding hydrogens is 322 g/mol. The van der Waals surface area contributed by atoms with Crippen LogP contribution < -0.4 is 0 Å². The molecule has 5 rings (SSSR count). The van der Waals surface area contributed by atoms with Crippen LogP contribution in [0.15, 0.2) is 79.3 Å². The topological polar surface area (TPSA) is 48.5 Å². The van der Waals surface area contributed by atoms with E-state index in [1.807, 2.05) is 29.2 Å². The standard InChI is InChI=1S/C21H17N5/c1-3-9-20-18(7-1)19-8-2-4-10-21(19)26(20)15-17-14-25(24-23-17)13-16-6-5-11-22-12-16/h1-12,14H,13,15H2. The van der Waals surface area contributed by atoms with E-state index < -0.39 is 0 Å². The highest BCUT2D eigenvalue weighted by atomic mass is 15.4. The number of hydrogen-bond donors (Lipinski definition) is 0. The molecule has 0 radical (unpaired) electrons. The highest BCUT2D eigenvalue weighted by molar-refractivity contribution is 6.07. The maximum absolute atomic E-state index is 4.37. The Bertz CT molecular complexity index is 1130. The van der Waals surface area contributed by atoms with Crippen LogP contribution >= 0.6 is 0 Å². The van der Waals surface area contributed by atoms with E-state index in [1.54, 1.807) is 6.20 Å². The smallest absolute Gasteiger partial charge is 0.102 e. The fraction of sp³-hybridized carbons (Fsp3) is 0.0952. The lowest BCUT2D eigenvalue weighted by Crippen LogP contribution is -2.01. The molecule has 126 valence electrons. The van der Waals surface area contributed by atoms with Crippen molar-refractivity contribution >= 4 is 21.8 Å². The molecule has 0 fully saturated rings. The molecule has 0 aliphatic heterocycles. The van der Waals surface area contributed by atoms with Crippen molar-refractivity contribution < 1.29 is 0 Å². The van der Waals surface area contributed by atoms with E-state index >= 15 is 0 Å². The molecule has 3 heterocycles. The largest absolute Gasteiger partial charge is 0.334 e. The number of hydrogen-bond acceptors (Lipinski definition) is 3. The van der Waals surface area contributed by atoms with E-state index in [2.05, 4.69) is 68.4 Å². The minimum Gasteiger partial charge on any atom is -0.334 e. The molecule has 5 nitrogen and oxygen atoms in total. The summed E-state index contributed by atoms with van der Waals surface area (Å²) in [5.41, 5.74) is 4.49. The van der Waals surface area contributed by atoms with Gasteiger partial charge in [0.2, 0.25) is 0 Å². The van der Waals surface area contributed by atoms with Gasteiger partial charge >= 0.3 is 0 Å². The van der Waals surface area contributed by atoms with Gasteiger partial charge in [-0.2, -0.15) is 0 Å². The first-order valence-electron chi connectivity index (χ1n) is 8.62. The minimum atomic E-state index is 0.675. The summed E-state index contributed by atoms with van der Waals surface area (Å²) in [4.78, 5) is 4.15. The number of pyridine rings is 1. The zero-order chi connectivity index (χ0) is 17.3. The summed E-state index contributed by atoms with van der Waals surface area (Å²) in [6.45, 7) is 1.37. The average molecular weight is 339 g/mol. The lowest BCUT2D eigenvalue weighted by atomic mass is 10.2. The lowest BCUT2D eigenvalue weighted by molar-refractivity contribution is 0.647. The van der Waals surface area contributed by atoms with Gasteiger partial charge in [-0.25, -0.2) is 4.68 Å². The Morgan fingerprint density at radius 1 is 0.769 bits per heavy atom. The Labute approximate surface area is 150 Å². The second kappa shape index (κ2) is 6.11. The van der Waals surface area contributed by atoms with E-state index in [-0.39, 0.29) is 0 Å². The second-order valence-corrected chi connectivity index (χ2v) is 6.39. The van der Waals surface area contributed by atoms with Crippen LogP contribution in [0.25, 0.3) is 21.8 Å². The number of para-hydroxylation sites is 2. The first kappa shape index (κ1) is 14.8. The van der Waals surface area contributed by atoms with Crippen LogP contribution in [-0.2, 0) is 13.1 Å². The maximum atomic E-state index is 4.37. The third kappa shape index (κ3) is 2.54. The second-order valence-electron chi connectivity index (χ2n) is 6.39. The molecule has 5 heteroatoms. The Morgan fingerprint density at radius 3 is 2.19 bits per heavy atom. The molecule has 0 N–H and O–H groups in total. The van der Waals surface area contributed by atoms with Gasteiger partial charge in [0.1, 0.15) is 5.69 Å². The molecule has 0 saturated heterocycles. The van der Waals surface area contributed by atoms with Crippen molar-refractivity contribution in [2.45, 2.75) is 13.1 Å². The predicted molar refractivity (Wildman–Crippen MR) is 102 cm³/mol. The molecule has 0 aliphatic rings. The van der Waals surface area contributed by atoms with E-state index in [4.69, 9.17) is 0 Å². The van der Waals surface area contributed by atoms with Gasteiger partial charge in [-0.1, -0.05) is 47.7 Å². The van der Waals surface area contributed by atoms with Gasteiger partial charge in [0.05, 0.1) is 19.3 Å². The van der Waals surface area contributed by atoms with Crippen LogP contribution in [0, 0.1) is 0 Å². The van der Waals surface area contributed by atoms with Crippen molar-refractivity contribution in [1.29, 1.82) is 0 Å². The summed E-state index contributed by atoms with van der Waals surface area (Å²) in [6, 6.07) is 21.0. The molecule has 26 heavy (non-hydrogen) atoms. The fourth-order valence-corrected chi connectivity index (χ4v) is 3.50. The van der Waals surface area contributed by atoms with Crippen LogP contribution in [0.3, 0.4) is 0 Å². The Hall–Kier alpha value is -3.47. The average Bonchev–Trinajstić information content (AvgIpc) is 3.26. The first-order valence-corrected chi connectivity index (χ1v) is 8.62. The van der Waals surface area contributed by atoms with Crippen molar-refractivity contribution in [3.8, 4) is 0 Å². The molecule has 5 aromatic rings. The van der Waals surface area contributed by atoms with Crippen LogP contribution in [0.1, 0.15) is 11.3 Å². The van der Waals surface area contributed by atoms with Gasteiger partial charge < -0.3 is 4.57 Å². The van der Waals surface area contributed by atoms with Crippen molar-refractivity contribution in [1.82, 2.24) is 24.5 Å². The van der Waals surface area contributed by atoms with E-state index in [1.165, 1.54) is 21.8 Å². The molecule has 0 bridgehead atoms. The molecule has 3 aromatic heterocycles. The number of benzene rings is 2. The predicted octanol–water partition coefficient (Wildman–Crippen LogP) is 3.88. The molecule has 0 aliphatic carbocycles. The SMILES string of the molecule is c1cncc(Cn2cc(Cn3c4ccccc4c4ccccc43)nn2)c1. The van der Waals surface area contributed by atoms with Crippen molar-refractivity contribution in [2.75, 3.05) is 0 Å². The van der Waals surface area contributed by atoms with E-state index in [9.17, 15) is 0 Å². The number of rotatable bonds is 4. The molecule has 0 saturated carbocycles. The highest BCUT2D eigenvalue weighted by Gasteiger charge is 2.11. The third-order valence-electron chi connectivity index (χ3n) is 4.65. The number of nitrogens with zero attached hydrogens (tertiary/aromatic N) is 5. The Kier molecular flexibility index (Phi) is 3.49. The number of aromatic nitrogens is 5. The zero-order valence-electron chi connectivity index (χ0n) is 14.2. The summed E-state index contributed by atoms with van der Waals surface area (Å²) >= 11 is 0. The summed E-state index contributed by atoms with van der Waals surface area (Å²) in [5.74, 6) is 0. The summed E-state index contributed by atoms with van der Waals surface area (Å²) in [7, 11) is 0.